The van der Waals surface area contributed by atoms with Crippen LogP contribution in [0.5, 0.6) is 5.75 Å². The molecule has 5 heteroatoms. The fourth-order valence-corrected chi connectivity index (χ4v) is 3.47. The van der Waals surface area contributed by atoms with E-state index in [0.717, 1.165) is 57.2 Å². The fraction of sp³-hybridized carbons (Fsp3) is 0.500. The Hall–Kier alpha value is -0.520. The van der Waals surface area contributed by atoms with E-state index in [-0.39, 0.29) is 6.04 Å². The van der Waals surface area contributed by atoms with Crippen molar-refractivity contribution in [2.45, 2.75) is 39.2 Å². The van der Waals surface area contributed by atoms with Crippen molar-refractivity contribution in [3.63, 3.8) is 0 Å². The minimum Gasteiger partial charge on any atom is -0.496 e. The van der Waals surface area contributed by atoms with Crippen LogP contribution in [0.2, 0.25) is 0 Å². The average molecular weight is 419 g/mol. The summed E-state index contributed by atoms with van der Waals surface area (Å²) in [5.41, 5.74) is 0.858. The molecule has 1 heterocycles. The molecule has 0 aliphatic carbocycles. The SMILES string of the molecule is CCCNC(CCC)c1cc2c(Br)c(OC)cc(Br)c2o1. The van der Waals surface area contributed by atoms with Gasteiger partial charge in [-0.15, -0.1) is 0 Å². The van der Waals surface area contributed by atoms with Gasteiger partial charge in [-0.05, 0) is 63.4 Å². The summed E-state index contributed by atoms with van der Waals surface area (Å²) >= 11 is 7.17. The summed E-state index contributed by atoms with van der Waals surface area (Å²) in [5, 5.41) is 4.60. The first-order valence-corrected chi connectivity index (χ1v) is 8.89. The highest BCUT2D eigenvalue weighted by Gasteiger charge is 2.19. The molecule has 1 aromatic carbocycles. The lowest BCUT2D eigenvalue weighted by Gasteiger charge is -2.14. The van der Waals surface area contributed by atoms with Crippen LogP contribution in [0, 0.1) is 0 Å². The molecule has 2 rings (SSSR count). The van der Waals surface area contributed by atoms with Gasteiger partial charge in [0, 0.05) is 5.39 Å². The van der Waals surface area contributed by atoms with Crippen molar-refractivity contribution in [3.8, 4) is 5.75 Å². The zero-order valence-electron chi connectivity index (χ0n) is 12.6. The summed E-state index contributed by atoms with van der Waals surface area (Å²) in [5.74, 6) is 1.78. The van der Waals surface area contributed by atoms with Crippen LogP contribution in [-0.4, -0.2) is 13.7 Å². The van der Waals surface area contributed by atoms with Crippen molar-refractivity contribution in [3.05, 3.63) is 26.8 Å². The fourth-order valence-electron chi connectivity index (χ4n) is 2.40. The third-order valence-electron chi connectivity index (χ3n) is 3.46. The third-order valence-corrected chi connectivity index (χ3v) is 4.87. The smallest absolute Gasteiger partial charge is 0.149 e. The summed E-state index contributed by atoms with van der Waals surface area (Å²) in [6.45, 7) is 5.36. The monoisotopic (exact) mass is 417 g/mol. The van der Waals surface area contributed by atoms with Gasteiger partial charge >= 0.3 is 0 Å². The van der Waals surface area contributed by atoms with Crippen LogP contribution in [0.25, 0.3) is 11.0 Å². The molecule has 0 saturated carbocycles. The number of hydrogen-bond acceptors (Lipinski definition) is 3. The van der Waals surface area contributed by atoms with Crippen LogP contribution >= 0.6 is 31.9 Å². The molecule has 0 spiro atoms. The maximum Gasteiger partial charge on any atom is 0.149 e. The molecule has 0 amide bonds. The second-order valence-corrected chi connectivity index (χ2v) is 6.71. The van der Waals surface area contributed by atoms with Gasteiger partial charge in [0.25, 0.3) is 0 Å². The number of benzene rings is 1. The highest BCUT2D eigenvalue weighted by molar-refractivity contribution is 9.11. The van der Waals surface area contributed by atoms with E-state index in [1.54, 1.807) is 7.11 Å². The van der Waals surface area contributed by atoms with Gasteiger partial charge in [-0.25, -0.2) is 0 Å². The van der Waals surface area contributed by atoms with Gasteiger partial charge in [0.05, 0.1) is 22.1 Å². The van der Waals surface area contributed by atoms with Crippen molar-refractivity contribution in [1.29, 1.82) is 0 Å². The number of rotatable bonds is 7. The van der Waals surface area contributed by atoms with Gasteiger partial charge < -0.3 is 14.5 Å². The van der Waals surface area contributed by atoms with Crippen LogP contribution in [0.1, 0.15) is 44.9 Å². The zero-order valence-corrected chi connectivity index (χ0v) is 15.8. The molecule has 21 heavy (non-hydrogen) atoms. The van der Waals surface area contributed by atoms with Gasteiger partial charge in [-0.2, -0.15) is 0 Å². The number of ether oxygens (including phenoxy) is 1. The van der Waals surface area contributed by atoms with Crippen molar-refractivity contribution in [2.24, 2.45) is 0 Å². The van der Waals surface area contributed by atoms with Gasteiger partial charge in [0.15, 0.2) is 0 Å². The maximum atomic E-state index is 6.10. The van der Waals surface area contributed by atoms with Crippen LogP contribution in [0.15, 0.2) is 25.5 Å². The van der Waals surface area contributed by atoms with E-state index in [0.29, 0.717) is 0 Å². The van der Waals surface area contributed by atoms with E-state index >= 15 is 0 Å². The van der Waals surface area contributed by atoms with Gasteiger partial charge in [-0.1, -0.05) is 20.3 Å². The van der Waals surface area contributed by atoms with E-state index in [4.69, 9.17) is 9.15 Å². The summed E-state index contributed by atoms with van der Waals surface area (Å²) in [7, 11) is 1.67. The predicted molar refractivity (Wildman–Crippen MR) is 94.1 cm³/mol. The standard InChI is InChI=1S/C16H21Br2NO2/c1-4-6-12(19-7-5-2)13-8-10-15(18)14(20-3)9-11(17)16(10)21-13/h8-9,12,19H,4-7H2,1-3H3. The lowest BCUT2D eigenvalue weighted by atomic mass is 10.1. The molecule has 1 atom stereocenters. The highest BCUT2D eigenvalue weighted by atomic mass is 79.9. The normalized spacial score (nSPS) is 12.8. The quantitative estimate of drug-likeness (QED) is 0.616. The number of hydrogen-bond donors (Lipinski definition) is 1. The minimum absolute atomic E-state index is 0.257. The summed E-state index contributed by atoms with van der Waals surface area (Å²) in [6, 6.07) is 4.29. The topological polar surface area (TPSA) is 34.4 Å². The number of furan rings is 1. The lowest BCUT2D eigenvalue weighted by Crippen LogP contribution is -2.21. The second kappa shape index (κ2) is 7.65. The molecule has 1 unspecified atom stereocenters. The Morgan fingerprint density at radius 1 is 1.24 bits per heavy atom. The minimum atomic E-state index is 0.257. The molecule has 0 bridgehead atoms. The lowest BCUT2D eigenvalue weighted by molar-refractivity contribution is 0.406. The molecule has 3 nitrogen and oxygen atoms in total. The van der Waals surface area contributed by atoms with E-state index in [1.165, 1.54) is 0 Å². The third kappa shape index (κ3) is 3.63. The average Bonchev–Trinajstić information content (AvgIpc) is 2.93. The van der Waals surface area contributed by atoms with Gasteiger partial charge in [-0.3, -0.25) is 0 Å². The van der Waals surface area contributed by atoms with Crippen LogP contribution in [-0.2, 0) is 0 Å². The van der Waals surface area contributed by atoms with E-state index in [2.05, 4.69) is 57.1 Å². The second-order valence-electron chi connectivity index (χ2n) is 5.06. The van der Waals surface area contributed by atoms with Crippen LogP contribution in [0.3, 0.4) is 0 Å². The van der Waals surface area contributed by atoms with E-state index < -0.39 is 0 Å². The van der Waals surface area contributed by atoms with Crippen LogP contribution < -0.4 is 10.1 Å². The molecule has 2 aromatic rings. The Balaban J connectivity index is 2.45. The Morgan fingerprint density at radius 3 is 2.62 bits per heavy atom. The Morgan fingerprint density at radius 2 is 2.00 bits per heavy atom. The number of methoxy groups -OCH3 is 1. The molecule has 0 aliphatic rings. The Labute approximate surface area is 142 Å². The molecule has 0 fully saturated rings. The summed E-state index contributed by atoms with van der Waals surface area (Å²) in [4.78, 5) is 0. The Kier molecular flexibility index (Phi) is 6.14. The van der Waals surface area contributed by atoms with Crippen molar-refractivity contribution in [1.82, 2.24) is 5.32 Å². The Bertz CT molecular complexity index is 610. The number of nitrogens with one attached hydrogen (secondary N) is 1. The molecule has 0 radical (unpaired) electrons. The number of fused-ring (bicyclic) bond motifs is 1. The van der Waals surface area contributed by atoms with Gasteiger partial charge in [0.1, 0.15) is 17.1 Å². The predicted octanol–water partition coefficient (Wildman–Crippen LogP) is 5.81. The number of halogens is 2. The highest BCUT2D eigenvalue weighted by Crippen LogP contribution is 2.41. The summed E-state index contributed by atoms with van der Waals surface area (Å²) in [6.07, 6.45) is 3.29. The molecule has 1 aromatic heterocycles. The maximum absolute atomic E-state index is 6.10. The van der Waals surface area contributed by atoms with Crippen molar-refractivity contribution in [2.75, 3.05) is 13.7 Å². The van der Waals surface area contributed by atoms with E-state index in [9.17, 15) is 0 Å². The molecule has 116 valence electrons. The van der Waals surface area contributed by atoms with Crippen LogP contribution in [0.4, 0.5) is 0 Å². The van der Waals surface area contributed by atoms with Gasteiger partial charge in [0.2, 0.25) is 0 Å². The zero-order chi connectivity index (χ0) is 15.4. The first kappa shape index (κ1) is 16.8. The van der Waals surface area contributed by atoms with Crippen molar-refractivity contribution < 1.29 is 9.15 Å². The molecule has 0 saturated heterocycles. The largest absolute Gasteiger partial charge is 0.496 e. The molecule has 0 aliphatic heterocycles. The van der Waals surface area contributed by atoms with E-state index in [1.807, 2.05) is 6.07 Å². The molecular weight excluding hydrogens is 398 g/mol. The molecular formula is C16H21Br2NO2. The molecule has 1 N–H and O–H groups in total. The first-order chi connectivity index (χ1) is 10.1. The summed E-state index contributed by atoms with van der Waals surface area (Å²) < 4.78 is 13.3. The van der Waals surface area contributed by atoms with Crippen molar-refractivity contribution >= 4 is 42.8 Å². The first-order valence-electron chi connectivity index (χ1n) is 7.31.